The van der Waals surface area contributed by atoms with Crippen LogP contribution in [0.4, 0.5) is 16.2 Å². The summed E-state index contributed by atoms with van der Waals surface area (Å²) in [6.07, 6.45) is 4.68. The first-order valence-electron chi connectivity index (χ1n) is 11.3. The lowest BCUT2D eigenvalue weighted by atomic mass is 9.74. The molecule has 2 aliphatic heterocycles. The molecule has 0 radical (unpaired) electrons. The number of amides is 2. The monoisotopic (exact) mass is 435 g/mol. The molecule has 2 amide bonds. The molecule has 1 fully saturated rings. The second kappa shape index (κ2) is 8.13. The fourth-order valence-corrected chi connectivity index (χ4v) is 5.02. The summed E-state index contributed by atoms with van der Waals surface area (Å²) in [4.78, 5) is 28.8. The fraction of sp³-hybridized carbons (Fsp3) is 0.440. The molecule has 7 heteroatoms. The minimum Gasteiger partial charge on any atom is -0.467 e. The van der Waals surface area contributed by atoms with Gasteiger partial charge in [-0.3, -0.25) is 9.69 Å². The highest BCUT2D eigenvalue weighted by Crippen LogP contribution is 2.48. The molecule has 1 aromatic carbocycles. The van der Waals surface area contributed by atoms with Crippen LogP contribution in [0.3, 0.4) is 0 Å². The van der Waals surface area contributed by atoms with Crippen molar-refractivity contribution in [3.8, 4) is 0 Å². The van der Waals surface area contributed by atoms with Crippen molar-refractivity contribution in [3.63, 3.8) is 0 Å². The van der Waals surface area contributed by atoms with Crippen molar-refractivity contribution in [2.45, 2.75) is 51.7 Å². The van der Waals surface area contributed by atoms with Crippen molar-refractivity contribution in [2.75, 3.05) is 23.4 Å². The van der Waals surface area contributed by atoms with Gasteiger partial charge in [-0.25, -0.2) is 4.79 Å². The summed E-state index contributed by atoms with van der Waals surface area (Å²) in [7, 11) is 0. The molecular weight excluding hydrogens is 406 g/mol. The van der Waals surface area contributed by atoms with Crippen LogP contribution in [0, 0.1) is 5.41 Å². The molecule has 3 aliphatic rings. The predicted molar refractivity (Wildman–Crippen MR) is 121 cm³/mol. The van der Waals surface area contributed by atoms with Gasteiger partial charge in [-0.2, -0.15) is 0 Å². The molecule has 2 aromatic rings. The summed E-state index contributed by atoms with van der Waals surface area (Å²) in [5.41, 5.74) is 2.80. The third-order valence-corrected chi connectivity index (χ3v) is 6.44. The molecule has 0 saturated carbocycles. The highest BCUT2D eigenvalue weighted by Gasteiger charge is 2.44. The molecule has 1 aliphatic carbocycles. The molecular formula is C25H29N3O4. The number of nitrogens with zero attached hydrogens (tertiary/aromatic N) is 1. The van der Waals surface area contributed by atoms with Crippen molar-refractivity contribution in [2.24, 2.45) is 5.41 Å². The lowest BCUT2D eigenvalue weighted by Gasteiger charge is -2.36. The SMILES string of the molecule is CC1(C)CC(=O)C2=C(C1)Nc1ccccc1N(C(=O)NC[C@H]1CCCO1)[C@H]2c1ccco1. The summed E-state index contributed by atoms with van der Waals surface area (Å²) < 4.78 is 11.5. The number of anilines is 2. The van der Waals surface area contributed by atoms with Crippen LogP contribution in [0.5, 0.6) is 0 Å². The van der Waals surface area contributed by atoms with Crippen LogP contribution in [-0.2, 0) is 9.53 Å². The standard InChI is InChI=1S/C25H29N3O4/c1-25(2)13-18-22(20(29)14-25)23(21-10-6-12-32-21)28(19-9-4-3-8-17(19)27-18)24(30)26-15-16-7-5-11-31-16/h3-4,6,8-10,12,16,23,27H,5,7,11,13-15H2,1-2H3,(H,26,30)/t16-,23+/m1/s1. The smallest absolute Gasteiger partial charge is 0.323 e. The minimum atomic E-state index is -0.649. The highest BCUT2D eigenvalue weighted by molar-refractivity contribution is 6.05. The van der Waals surface area contributed by atoms with E-state index < -0.39 is 6.04 Å². The predicted octanol–water partition coefficient (Wildman–Crippen LogP) is 4.78. The Bertz CT molecular complexity index is 1050. The average molecular weight is 436 g/mol. The van der Waals surface area contributed by atoms with Gasteiger partial charge in [0.05, 0.1) is 23.7 Å². The van der Waals surface area contributed by atoms with E-state index >= 15 is 0 Å². The van der Waals surface area contributed by atoms with E-state index in [0.717, 1.165) is 30.8 Å². The number of benzene rings is 1. The number of hydrogen-bond acceptors (Lipinski definition) is 5. The Kier molecular flexibility index (Phi) is 5.29. The van der Waals surface area contributed by atoms with Gasteiger partial charge in [0.25, 0.3) is 0 Å². The molecule has 7 nitrogen and oxygen atoms in total. The third-order valence-electron chi connectivity index (χ3n) is 6.44. The molecule has 1 aromatic heterocycles. The van der Waals surface area contributed by atoms with E-state index in [1.54, 1.807) is 17.2 Å². The van der Waals surface area contributed by atoms with E-state index in [4.69, 9.17) is 9.15 Å². The zero-order valence-electron chi connectivity index (χ0n) is 18.5. The number of carbonyl (C=O) groups is 2. The second-order valence-electron chi connectivity index (χ2n) is 9.58. The Morgan fingerprint density at radius 3 is 2.81 bits per heavy atom. The summed E-state index contributed by atoms with van der Waals surface area (Å²) in [6.45, 7) is 5.36. The van der Waals surface area contributed by atoms with Crippen molar-refractivity contribution >= 4 is 23.2 Å². The maximum atomic E-state index is 13.6. The molecule has 1 saturated heterocycles. The number of rotatable bonds is 3. The number of urea groups is 1. The normalized spacial score (nSPS) is 24.4. The number of allylic oxidation sites excluding steroid dienone is 1. The summed E-state index contributed by atoms with van der Waals surface area (Å²) >= 11 is 0. The van der Waals surface area contributed by atoms with Crippen molar-refractivity contribution in [1.82, 2.24) is 5.32 Å². The van der Waals surface area contributed by atoms with E-state index in [9.17, 15) is 9.59 Å². The molecule has 5 rings (SSSR count). The molecule has 0 spiro atoms. The largest absolute Gasteiger partial charge is 0.467 e. The lowest BCUT2D eigenvalue weighted by Crippen LogP contribution is -2.46. The van der Waals surface area contributed by atoms with E-state index in [0.29, 0.717) is 36.4 Å². The first-order valence-corrected chi connectivity index (χ1v) is 11.3. The highest BCUT2D eigenvalue weighted by atomic mass is 16.5. The fourth-order valence-electron chi connectivity index (χ4n) is 5.02. The average Bonchev–Trinajstić information content (AvgIpc) is 3.43. The number of fused-ring (bicyclic) bond motifs is 1. The maximum Gasteiger partial charge on any atom is 0.323 e. The Hall–Kier alpha value is -3.06. The molecule has 2 N–H and O–H groups in total. The summed E-state index contributed by atoms with van der Waals surface area (Å²) in [5.74, 6) is 0.603. The summed E-state index contributed by atoms with van der Waals surface area (Å²) in [6, 6.07) is 10.4. The molecule has 0 unspecified atom stereocenters. The van der Waals surface area contributed by atoms with Crippen LogP contribution in [0.25, 0.3) is 0 Å². The van der Waals surface area contributed by atoms with Gasteiger partial charge in [-0.05, 0) is 48.9 Å². The Balaban J connectivity index is 1.61. The van der Waals surface area contributed by atoms with Crippen molar-refractivity contribution < 1.29 is 18.7 Å². The van der Waals surface area contributed by atoms with E-state index in [1.165, 1.54) is 0 Å². The Labute approximate surface area is 187 Å². The Morgan fingerprint density at radius 2 is 2.06 bits per heavy atom. The number of ether oxygens (including phenoxy) is 1. The van der Waals surface area contributed by atoms with Crippen molar-refractivity contribution in [1.29, 1.82) is 0 Å². The number of para-hydroxylation sites is 2. The second-order valence-corrected chi connectivity index (χ2v) is 9.58. The molecule has 168 valence electrons. The van der Waals surface area contributed by atoms with Gasteiger partial charge in [0.15, 0.2) is 5.78 Å². The van der Waals surface area contributed by atoms with Gasteiger partial charge in [0, 0.05) is 30.8 Å². The topological polar surface area (TPSA) is 83.8 Å². The van der Waals surface area contributed by atoms with Gasteiger partial charge < -0.3 is 19.8 Å². The quantitative estimate of drug-likeness (QED) is 0.725. The van der Waals surface area contributed by atoms with Crippen LogP contribution in [0.1, 0.15) is 51.3 Å². The molecule has 0 bridgehead atoms. The van der Waals surface area contributed by atoms with E-state index in [1.807, 2.05) is 30.3 Å². The number of hydrogen-bond donors (Lipinski definition) is 2. The first-order chi connectivity index (χ1) is 15.4. The third kappa shape index (κ3) is 3.81. The first kappa shape index (κ1) is 20.8. The number of Topliss-reactive ketones (excluding diaryl/α,β-unsaturated/α-hetero) is 1. The molecule has 32 heavy (non-hydrogen) atoms. The van der Waals surface area contributed by atoms with Crippen molar-refractivity contribution in [3.05, 3.63) is 59.7 Å². The number of carbonyl (C=O) groups excluding carboxylic acids is 2. The van der Waals surface area contributed by atoms with Gasteiger partial charge in [0.2, 0.25) is 0 Å². The maximum absolute atomic E-state index is 13.6. The summed E-state index contributed by atoms with van der Waals surface area (Å²) in [5, 5.41) is 6.53. The zero-order valence-corrected chi connectivity index (χ0v) is 18.5. The van der Waals surface area contributed by atoms with Gasteiger partial charge in [-0.15, -0.1) is 0 Å². The van der Waals surface area contributed by atoms with E-state index in [-0.39, 0.29) is 23.3 Å². The molecule has 2 atom stereocenters. The number of ketones is 1. The van der Waals surface area contributed by atoms with Gasteiger partial charge >= 0.3 is 6.03 Å². The van der Waals surface area contributed by atoms with Crippen LogP contribution in [0.15, 0.2) is 58.3 Å². The van der Waals surface area contributed by atoms with Crippen LogP contribution in [0.2, 0.25) is 0 Å². The zero-order chi connectivity index (χ0) is 22.3. The number of furan rings is 1. The Morgan fingerprint density at radius 1 is 1.22 bits per heavy atom. The van der Waals surface area contributed by atoms with Gasteiger partial charge in [0.1, 0.15) is 11.8 Å². The minimum absolute atomic E-state index is 0.0215. The molecule has 3 heterocycles. The van der Waals surface area contributed by atoms with Crippen LogP contribution >= 0.6 is 0 Å². The van der Waals surface area contributed by atoms with E-state index in [2.05, 4.69) is 24.5 Å². The lowest BCUT2D eigenvalue weighted by molar-refractivity contribution is -0.118. The van der Waals surface area contributed by atoms with Gasteiger partial charge in [-0.1, -0.05) is 26.0 Å². The van der Waals surface area contributed by atoms with Crippen LogP contribution < -0.4 is 15.5 Å². The van der Waals surface area contributed by atoms with Crippen LogP contribution in [-0.4, -0.2) is 31.1 Å². The number of nitrogens with one attached hydrogen (secondary N) is 2.